The van der Waals surface area contributed by atoms with Gasteiger partial charge in [0.2, 0.25) is 5.78 Å². The summed E-state index contributed by atoms with van der Waals surface area (Å²) in [5.74, 6) is 0.679. The van der Waals surface area contributed by atoms with Gasteiger partial charge in [-0.1, -0.05) is 29.4 Å². The topological polar surface area (TPSA) is 73.8 Å². The van der Waals surface area contributed by atoms with Gasteiger partial charge in [-0.2, -0.15) is 0 Å². The van der Waals surface area contributed by atoms with Crippen LogP contribution in [-0.2, 0) is 18.0 Å². The van der Waals surface area contributed by atoms with Crippen LogP contribution in [0.3, 0.4) is 0 Å². The molecule has 0 atom stereocenters. The molecule has 0 aliphatic rings. The number of rotatable bonds is 5. The van der Waals surface area contributed by atoms with Crippen LogP contribution in [0.5, 0.6) is 0 Å². The van der Waals surface area contributed by atoms with Crippen LogP contribution in [0.25, 0.3) is 16.7 Å². The van der Waals surface area contributed by atoms with Gasteiger partial charge in [0.15, 0.2) is 12.4 Å². The van der Waals surface area contributed by atoms with Crippen molar-refractivity contribution in [2.75, 3.05) is 0 Å². The van der Waals surface area contributed by atoms with Crippen molar-refractivity contribution in [2.45, 2.75) is 20.1 Å². The van der Waals surface area contributed by atoms with Gasteiger partial charge in [-0.15, -0.1) is 10.2 Å². The Balaban J connectivity index is 1.67. The van der Waals surface area contributed by atoms with Gasteiger partial charge in [0.1, 0.15) is 5.82 Å². The SMILES string of the molecule is CCn1c(=O)c2ccccc2n2c(CO/N=C/c3ccc(F)cc3)nnc12. The molecule has 0 N–H and O–H groups in total. The van der Waals surface area contributed by atoms with Gasteiger partial charge < -0.3 is 4.84 Å². The normalized spacial score (nSPS) is 11.6. The number of aromatic nitrogens is 4. The average Bonchev–Trinajstić information content (AvgIpc) is 3.11. The fourth-order valence-corrected chi connectivity index (χ4v) is 2.93. The summed E-state index contributed by atoms with van der Waals surface area (Å²) in [4.78, 5) is 18.0. The summed E-state index contributed by atoms with van der Waals surface area (Å²) in [6.45, 7) is 2.44. The van der Waals surface area contributed by atoms with Crippen molar-refractivity contribution in [3.05, 3.63) is 76.1 Å². The standard InChI is InChI=1S/C19H16FN5O2/c1-2-24-18(26)15-5-3-4-6-16(15)25-17(22-23-19(24)25)12-27-21-11-13-7-9-14(20)10-8-13/h3-11H,2,12H2,1H3/b21-11+. The molecule has 0 saturated heterocycles. The average molecular weight is 365 g/mol. The van der Waals surface area contributed by atoms with Gasteiger partial charge >= 0.3 is 0 Å². The van der Waals surface area contributed by atoms with E-state index in [1.165, 1.54) is 18.3 Å². The smallest absolute Gasteiger partial charge is 0.262 e. The zero-order valence-electron chi connectivity index (χ0n) is 14.5. The van der Waals surface area contributed by atoms with Crippen molar-refractivity contribution >= 4 is 22.9 Å². The number of hydrogen-bond donors (Lipinski definition) is 0. The van der Waals surface area contributed by atoms with Crippen LogP contribution in [0.4, 0.5) is 4.39 Å². The summed E-state index contributed by atoms with van der Waals surface area (Å²) in [7, 11) is 0. The Kier molecular flexibility index (Phi) is 4.37. The van der Waals surface area contributed by atoms with Crippen molar-refractivity contribution < 1.29 is 9.23 Å². The number of aryl methyl sites for hydroxylation is 1. The highest BCUT2D eigenvalue weighted by atomic mass is 19.1. The van der Waals surface area contributed by atoms with Crippen LogP contribution in [0.2, 0.25) is 0 Å². The summed E-state index contributed by atoms with van der Waals surface area (Å²) >= 11 is 0. The van der Waals surface area contributed by atoms with Crippen LogP contribution in [0, 0.1) is 5.82 Å². The molecule has 0 radical (unpaired) electrons. The van der Waals surface area contributed by atoms with Gasteiger partial charge in [-0.3, -0.25) is 13.8 Å². The van der Waals surface area contributed by atoms with Crippen LogP contribution in [0.1, 0.15) is 18.3 Å². The van der Waals surface area contributed by atoms with Gasteiger partial charge in [-0.25, -0.2) is 4.39 Å². The molecule has 136 valence electrons. The molecule has 0 fully saturated rings. The summed E-state index contributed by atoms with van der Waals surface area (Å²) in [5, 5.41) is 12.8. The molecule has 4 aromatic rings. The molecule has 0 unspecified atom stereocenters. The van der Waals surface area contributed by atoms with Crippen molar-refractivity contribution in [1.82, 2.24) is 19.2 Å². The first kappa shape index (κ1) is 16.9. The maximum Gasteiger partial charge on any atom is 0.262 e. The second-order valence-corrected chi connectivity index (χ2v) is 5.88. The fraction of sp³-hybridized carbons (Fsp3) is 0.158. The maximum absolute atomic E-state index is 12.9. The van der Waals surface area contributed by atoms with Crippen molar-refractivity contribution in [1.29, 1.82) is 0 Å². The van der Waals surface area contributed by atoms with Gasteiger partial charge in [0.25, 0.3) is 5.56 Å². The van der Waals surface area contributed by atoms with E-state index >= 15 is 0 Å². The Hall–Kier alpha value is -3.55. The minimum absolute atomic E-state index is 0.0742. The van der Waals surface area contributed by atoms with E-state index in [2.05, 4.69) is 15.4 Å². The molecule has 27 heavy (non-hydrogen) atoms. The second kappa shape index (κ2) is 6.99. The lowest BCUT2D eigenvalue weighted by Gasteiger charge is -2.09. The van der Waals surface area contributed by atoms with Crippen LogP contribution < -0.4 is 5.56 Å². The van der Waals surface area contributed by atoms with E-state index < -0.39 is 0 Å². The molecule has 0 spiro atoms. The Morgan fingerprint density at radius 1 is 1.15 bits per heavy atom. The molecule has 2 aromatic carbocycles. The Morgan fingerprint density at radius 3 is 2.70 bits per heavy atom. The fourth-order valence-electron chi connectivity index (χ4n) is 2.93. The first-order valence-electron chi connectivity index (χ1n) is 8.45. The molecule has 0 saturated carbocycles. The van der Waals surface area contributed by atoms with Gasteiger partial charge in [0.05, 0.1) is 17.1 Å². The largest absolute Gasteiger partial charge is 0.388 e. The van der Waals surface area contributed by atoms with E-state index in [0.717, 1.165) is 0 Å². The molecule has 7 nitrogen and oxygen atoms in total. The van der Waals surface area contributed by atoms with Crippen molar-refractivity contribution in [2.24, 2.45) is 5.16 Å². The van der Waals surface area contributed by atoms with E-state index in [1.807, 2.05) is 25.1 Å². The molecule has 0 aliphatic heterocycles. The highest BCUT2D eigenvalue weighted by Crippen LogP contribution is 2.15. The molecular weight excluding hydrogens is 349 g/mol. The number of nitrogens with zero attached hydrogens (tertiary/aromatic N) is 5. The number of hydrogen-bond acceptors (Lipinski definition) is 5. The summed E-state index contributed by atoms with van der Waals surface area (Å²) in [6.07, 6.45) is 1.49. The van der Waals surface area contributed by atoms with E-state index in [4.69, 9.17) is 4.84 Å². The Labute approximate surface area is 153 Å². The summed E-state index contributed by atoms with van der Waals surface area (Å²) < 4.78 is 16.3. The number of benzene rings is 2. The predicted molar refractivity (Wildman–Crippen MR) is 99.2 cm³/mol. The third kappa shape index (κ3) is 3.05. The quantitative estimate of drug-likeness (QED) is 0.403. The van der Waals surface area contributed by atoms with Crippen LogP contribution in [-0.4, -0.2) is 25.4 Å². The van der Waals surface area contributed by atoms with E-state index in [9.17, 15) is 9.18 Å². The zero-order valence-corrected chi connectivity index (χ0v) is 14.5. The van der Waals surface area contributed by atoms with Crippen LogP contribution >= 0.6 is 0 Å². The summed E-state index contributed by atoms with van der Waals surface area (Å²) in [5.41, 5.74) is 1.33. The third-order valence-corrected chi connectivity index (χ3v) is 4.23. The van der Waals surface area contributed by atoms with Gasteiger partial charge in [-0.05, 0) is 36.8 Å². The first-order valence-corrected chi connectivity index (χ1v) is 8.45. The Morgan fingerprint density at radius 2 is 1.93 bits per heavy atom. The lowest BCUT2D eigenvalue weighted by Crippen LogP contribution is -2.22. The summed E-state index contributed by atoms with van der Waals surface area (Å²) in [6, 6.07) is 13.2. The molecule has 8 heteroatoms. The van der Waals surface area contributed by atoms with Crippen LogP contribution in [0.15, 0.2) is 58.5 Å². The second-order valence-electron chi connectivity index (χ2n) is 5.88. The first-order chi connectivity index (χ1) is 13.2. The molecule has 0 bridgehead atoms. The monoisotopic (exact) mass is 365 g/mol. The zero-order chi connectivity index (χ0) is 18.8. The highest BCUT2D eigenvalue weighted by Gasteiger charge is 2.15. The third-order valence-electron chi connectivity index (χ3n) is 4.23. The molecular formula is C19H16FN5O2. The van der Waals surface area contributed by atoms with E-state index in [0.29, 0.717) is 34.6 Å². The maximum atomic E-state index is 12.9. The molecule has 2 aromatic heterocycles. The number of para-hydroxylation sites is 1. The lowest BCUT2D eigenvalue weighted by atomic mass is 10.2. The predicted octanol–water partition coefficient (Wildman–Crippen LogP) is 2.75. The van der Waals surface area contributed by atoms with Crippen molar-refractivity contribution in [3.63, 3.8) is 0 Å². The van der Waals surface area contributed by atoms with Gasteiger partial charge in [0, 0.05) is 6.54 Å². The minimum Gasteiger partial charge on any atom is -0.388 e. The lowest BCUT2D eigenvalue weighted by molar-refractivity contribution is 0.126. The molecule has 4 rings (SSSR count). The molecule has 0 aliphatic carbocycles. The highest BCUT2D eigenvalue weighted by molar-refractivity contribution is 5.80. The van der Waals surface area contributed by atoms with E-state index in [1.54, 1.807) is 27.2 Å². The number of halogens is 1. The molecule has 2 heterocycles. The minimum atomic E-state index is -0.308. The molecule has 0 amide bonds. The Bertz CT molecular complexity index is 1190. The number of oxime groups is 1. The number of fused-ring (bicyclic) bond motifs is 3. The van der Waals surface area contributed by atoms with E-state index in [-0.39, 0.29) is 18.0 Å². The van der Waals surface area contributed by atoms with Crippen molar-refractivity contribution in [3.8, 4) is 0 Å².